The number of hydrogen-bond acceptors (Lipinski definition) is 4. The van der Waals surface area contributed by atoms with Crippen LogP contribution in [0.2, 0.25) is 0 Å². The molecule has 0 bridgehead atoms. The largest absolute Gasteiger partial charge is 0.297 e. The molecule has 0 aromatic heterocycles. The number of piperidine rings is 1. The van der Waals surface area contributed by atoms with E-state index in [1.165, 1.54) is 19.3 Å². The van der Waals surface area contributed by atoms with Crippen LogP contribution in [0, 0.1) is 28.6 Å². The Morgan fingerprint density at radius 2 is 1.21 bits per heavy atom. The van der Waals surface area contributed by atoms with E-state index in [0.717, 1.165) is 25.2 Å². The standard InChI is InChI=1S/C30H52N2O2/c1-27(2,3)25(33)22-14-18-12-13-19(24(18)32(22)29(7,8)9)17-30(10,11)26(34)23-16-20-15-21(20)31(23)28(4,5)6/h18-24H,12-17H2,1-11H3/t18-,19?,20-,21-,22-,23-,24+/m0/s1. The van der Waals surface area contributed by atoms with Crippen molar-refractivity contribution in [1.29, 1.82) is 0 Å². The first-order valence-electron chi connectivity index (χ1n) is 14.0. The third-order valence-electron chi connectivity index (χ3n) is 9.49. The first-order valence-corrected chi connectivity index (χ1v) is 14.0. The maximum atomic E-state index is 14.0. The Morgan fingerprint density at radius 1 is 0.676 bits per heavy atom. The molecule has 194 valence electrons. The molecule has 0 amide bonds. The molecular weight excluding hydrogens is 420 g/mol. The molecule has 4 nitrogen and oxygen atoms in total. The molecular formula is C30H52N2O2. The van der Waals surface area contributed by atoms with Gasteiger partial charge in [0.15, 0.2) is 11.6 Å². The summed E-state index contributed by atoms with van der Waals surface area (Å²) >= 11 is 0. The maximum absolute atomic E-state index is 14.0. The fourth-order valence-electron chi connectivity index (χ4n) is 8.21. The molecule has 0 N–H and O–H groups in total. The second kappa shape index (κ2) is 8.13. The zero-order valence-corrected chi connectivity index (χ0v) is 24.0. The maximum Gasteiger partial charge on any atom is 0.155 e. The number of hydrogen-bond donors (Lipinski definition) is 0. The Labute approximate surface area is 209 Å². The summed E-state index contributed by atoms with van der Waals surface area (Å²) in [5.41, 5.74) is -0.672. The fourth-order valence-corrected chi connectivity index (χ4v) is 8.21. The Hall–Kier alpha value is -0.740. The fraction of sp³-hybridized carbons (Fsp3) is 0.933. The number of carbonyl (C=O) groups is 2. The van der Waals surface area contributed by atoms with Gasteiger partial charge in [0.1, 0.15) is 0 Å². The topological polar surface area (TPSA) is 40.6 Å². The van der Waals surface area contributed by atoms with Crippen LogP contribution in [-0.4, -0.2) is 56.6 Å². The number of nitrogens with zero attached hydrogens (tertiary/aromatic N) is 2. The number of ketones is 2. The summed E-state index contributed by atoms with van der Waals surface area (Å²) in [6.45, 7) is 24.3. The summed E-state index contributed by atoms with van der Waals surface area (Å²) in [5, 5.41) is 0. The Morgan fingerprint density at radius 3 is 1.74 bits per heavy atom. The van der Waals surface area contributed by atoms with Gasteiger partial charge >= 0.3 is 0 Å². The predicted molar refractivity (Wildman–Crippen MR) is 140 cm³/mol. The monoisotopic (exact) mass is 472 g/mol. The van der Waals surface area contributed by atoms with Crippen molar-refractivity contribution in [2.75, 3.05) is 0 Å². The van der Waals surface area contributed by atoms with Gasteiger partial charge in [0.05, 0.1) is 12.1 Å². The molecule has 1 unspecified atom stereocenters. The molecule has 4 aliphatic rings. The van der Waals surface area contributed by atoms with Gasteiger partial charge in [-0.05, 0) is 97.8 Å². The quantitative estimate of drug-likeness (QED) is 0.484. The minimum Gasteiger partial charge on any atom is -0.297 e. The number of carbonyl (C=O) groups excluding carboxylic acids is 2. The van der Waals surface area contributed by atoms with Gasteiger partial charge in [0.25, 0.3) is 0 Å². The van der Waals surface area contributed by atoms with Crippen molar-refractivity contribution >= 4 is 11.6 Å². The van der Waals surface area contributed by atoms with Crippen molar-refractivity contribution in [3.8, 4) is 0 Å². The van der Waals surface area contributed by atoms with E-state index in [9.17, 15) is 9.59 Å². The van der Waals surface area contributed by atoms with Crippen molar-refractivity contribution in [2.24, 2.45) is 28.6 Å². The number of fused-ring (bicyclic) bond motifs is 2. The smallest absolute Gasteiger partial charge is 0.155 e. The Kier molecular flexibility index (Phi) is 6.30. The third kappa shape index (κ3) is 4.56. The van der Waals surface area contributed by atoms with Crippen LogP contribution in [0.5, 0.6) is 0 Å². The van der Waals surface area contributed by atoms with Crippen LogP contribution >= 0.6 is 0 Å². The molecule has 34 heavy (non-hydrogen) atoms. The van der Waals surface area contributed by atoms with Crippen LogP contribution in [0.1, 0.15) is 115 Å². The average molecular weight is 473 g/mol. The number of Topliss-reactive ketones (excluding diaryl/α,β-unsaturated/α-hetero) is 2. The zero-order valence-electron chi connectivity index (χ0n) is 24.0. The first-order chi connectivity index (χ1) is 15.3. The molecule has 4 heteroatoms. The van der Waals surface area contributed by atoms with Crippen molar-refractivity contribution in [3.63, 3.8) is 0 Å². The van der Waals surface area contributed by atoms with E-state index >= 15 is 0 Å². The lowest BCUT2D eigenvalue weighted by atomic mass is 9.74. The average Bonchev–Trinajstić information content (AvgIpc) is 3.01. The van der Waals surface area contributed by atoms with E-state index in [0.29, 0.717) is 35.5 Å². The van der Waals surface area contributed by atoms with Gasteiger partial charge in [0, 0.05) is 34.0 Å². The molecule has 4 fully saturated rings. The summed E-state index contributed by atoms with van der Waals surface area (Å²) in [4.78, 5) is 32.7. The Balaban J connectivity index is 1.55. The molecule has 2 saturated heterocycles. The van der Waals surface area contributed by atoms with Crippen molar-refractivity contribution in [1.82, 2.24) is 9.80 Å². The van der Waals surface area contributed by atoms with Crippen molar-refractivity contribution in [2.45, 2.75) is 150 Å². The van der Waals surface area contributed by atoms with Crippen LogP contribution < -0.4 is 0 Å². The van der Waals surface area contributed by atoms with Crippen LogP contribution in [0.4, 0.5) is 0 Å². The summed E-state index contributed by atoms with van der Waals surface area (Å²) < 4.78 is 0. The van der Waals surface area contributed by atoms with E-state index in [-0.39, 0.29) is 34.0 Å². The highest BCUT2D eigenvalue weighted by Gasteiger charge is 2.60. The molecule has 2 aliphatic heterocycles. The van der Waals surface area contributed by atoms with Gasteiger partial charge in [-0.15, -0.1) is 0 Å². The lowest BCUT2D eigenvalue weighted by molar-refractivity contribution is -0.137. The summed E-state index contributed by atoms with van der Waals surface area (Å²) in [5.74, 6) is 2.64. The summed E-state index contributed by atoms with van der Waals surface area (Å²) in [6.07, 6.45) is 6.65. The van der Waals surface area contributed by atoms with Gasteiger partial charge in [-0.2, -0.15) is 0 Å². The van der Waals surface area contributed by atoms with E-state index in [4.69, 9.17) is 0 Å². The van der Waals surface area contributed by atoms with Gasteiger partial charge in [-0.3, -0.25) is 19.4 Å². The van der Waals surface area contributed by atoms with Crippen molar-refractivity contribution in [3.05, 3.63) is 0 Å². The minimum absolute atomic E-state index is 0.00920. The minimum atomic E-state index is -0.333. The van der Waals surface area contributed by atoms with Gasteiger partial charge in [0.2, 0.25) is 0 Å². The van der Waals surface area contributed by atoms with Crippen LogP contribution in [0.3, 0.4) is 0 Å². The molecule has 2 saturated carbocycles. The molecule has 2 aliphatic carbocycles. The van der Waals surface area contributed by atoms with E-state index in [2.05, 4.69) is 86.0 Å². The van der Waals surface area contributed by atoms with Crippen LogP contribution in [0.25, 0.3) is 0 Å². The molecule has 7 atom stereocenters. The third-order valence-corrected chi connectivity index (χ3v) is 9.49. The Bertz CT molecular complexity index is 824. The molecule has 2 heterocycles. The highest BCUT2D eigenvalue weighted by atomic mass is 16.1. The van der Waals surface area contributed by atoms with E-state index in [1.54, 1.807) is 0 Å². The van der Waals surface area contributed by atoms with Crippen molar-refractivity contribution < 1.29 is 9.59 Å². The molecule has 0 aromatic rings. The van der Waals surface area contributed by atoms with E-state index < -0.39 is 0 Å². The highest BCUT2D eigenvalue weighted by Crippen LogP contribution is 2.54. The van der Waals surface area contributed by atoms with Gasteiger partial charge in [-0.25, -0.2) is 0 Å². The highest BCUT2D eigenvalue weighted by molar-refractivity contribution is 5.90. The second-order valence-corrected chi connectivity index (χ2v) is 15.9. The zero-order chi connectivity index (χ0) is 25.6. The number of rotatable bonds is 5. The van der Waals surface area contributed by atoms with Gasteiger partial charge in [-0.1, -0.05) is 34.6 Å². The summed E-state index contributed by atoms with van der Waals surface area (Å²) in [6, 6.07) is 1.12. The molecule has 0 spiro atoms. The van der Waals surface area contributed by atoms with Crippen LogP contribution in [0.15, 0.2) is 0 Å². The van der Waals surface area contributed by atoms with E-state index in [1.807, 2.05) is 0 Å². The molecule has 0 aromatic carbocycles. The predicted octanol–water partition coefficient (Wildman–Crippen LogP) is 6.12. The normalized spacial score (nSPS) is 37.1. The summed E-state index contributed by atoms with van der Waals surface area (Å²) in [7, 11) is 0. The first kappa shape index (κ1) is 26.3. The number of likely N-dealkylation sites (tertiary alicyclic amines) is 2. The van der Waals surface area contributed by atoms with Gasteiger partial charge < -0.3 is 0 Å². The lowest BCUT2D eigenvalue weighted by Gasteiger charge is -2.45. The molecule has 0 radical (unpaired) electrons. The van der Waals surface area contributed by atoms with Crippen LogP contribution in [-0.2, 0) is 9.59 Å². The molecule has 4 rings (SSSR count). The second-order valence-electron chi connectivity index (χ2n) is 15.9. The SMILES string of the molecule is CC(C)(C)C(=O)[C@@H]1C[C@@H]2CCC(CC(C)(C)C(=O)[C@@H]3C[C@@H]4C[C@@H]4N3C(C)(C)C)[C@@H]2N1C(C)(C)C. The lowest BCUT2D eigenvalue weighted by Crippen LogP contribution is -2.56.